The third kappa shape index (κ3) is 2.17. The van der Waals surface area contributed by atoms with Gasteiger partial charge in [-0.3, -0.25) is 4.79 Å². The number of carbonyl (C=O) groups is 1. The van der Waals surface area contributed by atoms with Gasteiger partial charge in [-0.25, -0.2) is 0 Å². The highest BCUT2D eigenvalue weighted by molar-refractivity contribution is 7.18. The van der Waals surface area contributed by atoms with E-state index in [9.17, 15) is 4.79 Å². The largest absolute Gasteiger partial charge is 0.293 e. The third-order valence-corrected chi connectivity index (χ3v) is 3.42. The predicted octanol–water partition coefficient (Wildman–Crippen LogP) is 2.68. The van der Waals surface area contributed by atoms with Gasteiger partial charge in [0.1, 0.15) is 0 Å². The molecule has 0 N–H and O–H groups in total. The van der Waals surface area contributed by atoms with Gasteiger partial charge in [-0.15, -0.1) is 16.4 Å². The number of aromatic nitrogens is 2. The van der Waals surface area contributed by atoms with Crippen molar-refractivity contribution < 1.29 is 4.79 Å². The molecule has 2 heterocycles. The molecular formula is C8H5ClN2OS2. The molecule has 0 aliphatic heterocycles. The summed E-state index contributed by atoms with van der Waals surface area (Å²) in [6, 6.07) is 3.45. The van der Waals surface area contributed by atoms with Crippen LogP contribution < -0.4 is 0 Å². The lowest BCUT2D eigenvalue weighted by molar-refractivity contribution is 0.0996. The van der Waals surface area contributed by atoms with Crippen LogP contribution in [-0.2, 0) is 6.42 Å². The minimum atomic E-state index is 0.0367. The summed E-state index contributed by atoms with van der Waals surface area (Å²) < 4.78 is 4.32. The monoisotopic (exact) mass is 244 g/mol. The van der Waals surface area contributed by atoms with E-state index < -0.39 is 0 Å². The normalized spacial score (nSPS) is 10.4. The molecular weight excluding hydrogens is 240 g/mol. The molecule has 0 unspecified atom stereocenters. The van der Waals surface area contributed by atoms with Crippen molar-refractivity contribution in [2.24, 2.45) is 0 Å². The number of halogens is 1. The molecule has 6 heteroatoms. The molecule has 2 rings (SSSR count). The number of carbonyl (C=O) groups excluding carboxylic acids is 1. The number of ketones is 1. The maximum atomic E-state index is 11.6. The van der Waals surface area contributed by atoms with Gasteiger partial charge in [0.25, 0.3) is 0 Å². The Hall–Kier alpha value is -0.780. The average Bonchev–Trinajstić information content (AvgIpc) is 2.75. The first kappa shape index (κ1) is 9.76. The van der Waals surface area contributed by atoms with Crippen LogP contribution in [0.2, 0.25) is 4.34 Å². The number of hydrogen-bond acceptors (Lipinski definition) is 5. The molecule has 72 valence electrons. The van der Waals surface area contributed by atoms with Crippen LogP contribution in [0.3, 0.4) is 0 Å². The fourth-order valence-electron chi connectivity index (χ4n) is 0.977. The molecule has 0 amide bonds. The summed E-state index contributed by atoms with van der Waals surface area (Å²) in [5.74, 6) is 0.0367. The molecule has 0 fully saturated rings. The van der Waals surface area contributed by atoms with Gasteiger partial charge in [-0.1, -0.05) is 16.1 Å². The first-order chi connectivity index (χ1) is 6.75. The number of hydrogen-bond donors (Lipinski definition) is 0. The van der Waals surface area contributed by atoms with Gasteiger partial charge < -0.3 is 0 Å². The van der Waals surface area contributed by atoms with E-state index in [2.05, 4.69) is 9.59 Å². The Morgan fingerprint density at radius 2 is 2.36 bits per heavy atom. The van der Waals surface area contributed by atoms with Crippen LogP contribution in [-0.4, -0.2) is 15.4 Å². The first-order valence-electron chi connectivity index (χ1n) is 3.80. The lowest BCUT2D eigenvalue weighted by atomic mass is 10.2. The quantitative estimate of drug-likeness (QED) is 0.780. The Labute approximate surface area is 93.5 Å². The predicted molar refractivity (Wildman–Crippen MR) is 57.3 cm³/mol. The Morgan fingerprint density at radius 3 is 2.93 bits per heavy atom. The molecule has 0 aromatic carbocycles. The van der Waals surface area contributed by atoms with E-state index in [1.54, 1.807) is 17.5 Å². The first-order valence-corrected chi connectivity index (χ1v) is 5.83. The SMILES string of the molecule is O=C(Cc1csnn1)c1ccc(Cl)s1. The highest BCUT2D eigenvalue weighted by Gasteiger charge is 2.10. The Bertz CT molecular complexity index is 438. The van der Waals surface area contributed by atoms with Crippen LogP contribution in [0, 0.1) is 0 Å². The summed E-state index contributed by atoms with van der Waals surface area (Å²) in [5.41, 5.74) is 0.713. The zero-order valence-corrected chi connectivity index (χ0v) is 9.33. The number of thiophene rings is 1. The van der Waals surface area contributed by atoms with Crippen molar-refractivity contribution >= 4 is 40.3 Å². The van der Waals surface area contributed by atoms with Gasteiger partial charge in [0.15, 0.2) is 5.78 Å². The van der Waals surface area contributed by atoms with E-state index in [0.29, 0.717) is 21.3 Å². The Balaban J connectivity index is 2.10. The van der Waals surface area contributed by atoms with Crippen molar-refractivity contribution in [3.05, 3.63) is 32.4 Å². The summed E-state index contributed by atoms with van der Waals surface area (Å²) in [6.07, 6.45) is 0.299. The van der Waals surface area contributed by atoms with Crippen molar-refractivity contribution in [2.45, 2.75) is 6.42 Å². The molecule has 0 aliphatic carbocycles. The van der Waals surface area contributed by atoms with Gasteiger partial charge in [0, 0.05) is 5.38 Å². The number of nitrogens with zero attached hydrogens (tertiary/aromatic N) is 2. The van der Waals surface area contributed by atoms with Crippen molar-refractivity contribution in [3.63, 3.8) is 0 Å². The second kappa shape index (κ2) is 4.16. The number of Topliss-reactive ketones (excluding diaryl/α,β-unsaturated/α-hetero) is 1. The molecule has 0 radical (unpaired) electrons. The van der Waals surface area contributed by atoms with Crippen LogP contribution in [0.5, 0.6) is 0 Å². The molecule has 0 bridgehead atoms. The van der Waals surface area contributed by atoms with E-state index in [4.69, 9.17) is 11.6 Å². The minimum absolute atomic E-state index is 0.0367. The second-order valence-corrected chi connectivity index (χ2v) is 4.92. The van der Waals surface area contributed by atoms with Gasteiger partial charge in [0.05, 0.1) is 21.3 Å². The molecule has 2 aromatic rings. The highest BCUT2D eigenvalue weighted by Crippen LogP contribution is 2.22. The summed E-state index contributed by atoms with van der Waals surface area (Å²) in [5, 5.41) is 5.58. The maximum absolute atomic E-state index is 11.6. The van der Waals surface area contributed by atoms with Crippen LogP contribution in [0.15, 0.2) is 17.5 Å². The van der Waals surface area contributed by atoms with E-state index in [-0.39, 0.29) is 5.78 Å². The minimum Gasteiger partial charge on any atom is -0.293 e. The van der Waals surface area contributed by atoms with Crippen molar-refractivity contribution in [1.29, 1.82) is 0 Å². The third-order valence-electron chi connectivity index (χ3n) is 1.59. The Morgan fingerprint density at radius 1 is 1.50 bits per heavy atom. The summed E-state index contributed by atoms with van der Waals surface area (Å²) in [7, 11) is 0. The fraction of sp³-hybridized carbons (Fsp3) is 0.125. The molecule has 0 saturated carbocycles. The number of rotatable bonds is 3. The molecule has 0 spiro atoms. The summed E-state index contributed by atoms with van der Waals surface area (Å²) >= 11 is 8.26. The van der Waals surface area contributed by atoms with E-state index >= 15 is 0 Å². The average molecular weight is 245 g/mol. The molecule has 0 aliphatic rings. The molecule has 0 atom stereocenters. The molecule has 0 saturated heterocycles. The molecule has 14 heavy (non-hydrogen) atoms. The van der Waals surface area contributed by atoms with Gasteiger partial charge >= 0.3 is 0 Å². The summed E-state index contributed by atoms with van der Waals surface area (Å²) in [4.78, 5) is 12.3. The zero-order valence-electron chi connectivity index (χ0n) is 6.94. The topological polar surface area (TPSA) is 42.9 Å². The lowest BCUT2D eigenvalue weighted by Gasteiger charge is -1.91. The maximum Gasteiger partial charge on any atom is 0.178 e. The van der Waals surface area contributed by atoms with Crippen LogP contribution in [0.25, 0.3) is 0 Å². The highest BCUT2D eigenvalue weighted by atomic mass is 35.5. The summed E-state index contributed by atoms with van der Waals surface area (Å²) in [6.45, 7) is 0. The lowest BCUT2D eigenvalue weighted by Crippen LogP contribution is -2.01. The van der Waals surface area contributed by atoms with Gasteiger partial charge in [0.2, 0.25) is 0 Å². The van der Waals surface area contributed by atoms with Crippen LogP contribution in [0.4, 0.5) is 0 Å². The fourth-order valence-corrected chi connectivity index (χ4v) is 2.41. The van der Waals surface area contributed by atoms with Crippen molar-refractivity contribution in [1.82, 2.24) is 9.59 Å². The van der Waals surface area contributed by atoms with E-state index in [0.717, 1.165) is 0 Å². The smallest absolute Gasteiger partial charge is 0.178 e. The second-order valence-electron chi connectivity index (χ2n) is 2.60. The van der Waals surface area contributed by atoms with Gasteiger partial charge in [-0.2, -0.15) is 0 Å². The van der Waals surface area contributed by atoms with Crippen LogP contribution in [0.1, 0.15) is 15.4 Å². The molecule has 3 nitrogen and oxygen atoms in total. The standard InChI is InChI=1S/C8H5ClN2OS2/c9-8-2-1-7(14-8)6(12)3-5-4-13-11-10-5/h1-2,4H,3H2. The zero-order chi connectivity index (χ0) is 9.97. The van der Waals surface area contributed by atoms with Crippen LogP contribution >= 0.6 is 34.5 Å². The van der Waals surface area contributed by atoms with E-state index in [1.807, 2.05) is 0 Å². The van der Waals surface area contributed by atoms with E-state index in [1.165, 1.54) is 22.9 Å². The molecule has 2 aromatic heterocycles. The van der Waals surface area contributed by atoms with Crippen molar-refractivity contribution in [2.75, 3.05) is 0 Å². The van der Waals surface area contributed by atoms with Crippen molar-refractivity contribution in [3.8, 4) is 0 Å². The Kier molecular flexibility index (Phi) is 2.90. The van der Waals surface area contributed by atoms with Gasteiger partial charge in [-0.05, 0) is 23.7 Å².